The summed E-state index contributed by atoms with van der Waals surface area (Å²) in [5.41, 5.74) is -0.797. The van der Waals surface area contributed by atoms with E-state index in [0.717, 1.165) is 18.9 Å². The molecule has 1 aliphatic carbocycles. The molecule has 0 nitrogen and oxygen atoms in total. The van der Waals surface area contributed by atoms with Crippen LogP contribution in [0, 0.1) is 0 Å². The predicted molar refractivity (Wildman–Crippen MR) is 58.9 cm³/mol. The highest BCUT2D eigenvalue weighted by atomic mass is 79.9. The molecular formula is C10H9BrClF3. The molecule has 0 spiro atoms. The van der Waals surface area contributed by atoms with Crippen molar-refractivity contribution in [3.8, 4) is 0 Å². The van der Waals surface area contributed by atoms with Gasteiger partial charge in [0, 0.05) is 9.51 Å². The Morgan fingerprint density at radius 2 is 1.80 bits per heavy atom. The standard InChI is InChI=1S/C10H9BrClF3/c11-7-4-2-1-3-5-9(12)8(6-7)10(13,14)15/h4-6H,1-3H2/b7-4+,8-6?,9-5?. The first-order chi connectivity index (χ1) is 6.91. The van der Waals surface area contributed by atoms with Gasteiger partial charge in [0.15, 0.2) is 0 Å². The summed E-state index contributed by atoms with van der Waals surface area (Å²) in [6.07, 6.45) is 1.83. The zero-order valence-corrected chi connectivity index (χ0v) is 10.1. The third-order valence-corrected chi connectivity index (χ3v) is 2.83. The van der Waals surface area contributed by atoms with E-state index in [9.17, 15) is 13.2 Å². The van der Waals surface area contributed by atoms with E-state index in [0.29, 0.717) is 10.9 Å². The molecule has 0 aliphatic heterocycles. The second-order valence-electron chi connectivity index (χ2n) is 3.13. The van der Waals surface area contributed by atoms with E-state index in [1.807, 2.05) is 0 Å². The average molecular weight is 302 g/mol. The summed E-state index contributed by atoms with van der Waals surface area (Å²) in [4.78, 5) is 0. The zero-order chi connectivity index (χ0) is 11.5. The minimum atomic E-state index is -4.41. The molecule has 0 amide bonds. The molecule has 15 heavy (non-hydrogen) atoms. The second kappa shape index (κ2) is 5.21. The lowest BCUT2D eigenvalue weighted by atomic mass is 10.2. The molecule has 0 atom stereocenters. The van der Waals surface area contributed by atoms with Crippen LogP contribution >= 0.6 is 27.5 Å². The maximum absolute atomic E-state index is 12.6. The van der Waals surface area contributed by atoms with Gasteiger partial charge in [0.25, 0.3) is 0 Å². The quantitative estimate of drug-likeness (QED) is 0.586. The Balaban J connectivity index is 3.13. The van der Waals surface area contributed by atoms with Crippen molar-refractivity contribution in [3.63, 3.8) is 0 Å². The Morgan fingerprint density at radius 1 is 1.20 bits per heavy atom. The molecule has 0 radical (unpaired) electrons. The van der Waals surface area contributed by atoms with Crippen molar-refractivity contribution in [1.82, 2.24) is 0 Å². The Kier molecular flexibility index (Phi) is 4.46. The Bertz CT molecular complexity index is 326. The second-order valence-corrected chi connectivity index (χ2v) is 4.45. The van der Waals surface area contributed by atoms with Crippen LogP contribution < -0.4 is 0 Å². The van der Waals surface area contributed by atoms with E-state index in [2.05, 4.69) is 15.9 Å². The molecule has 1 aliphatic rings. The first-order valence-corrected chi connectivity index (χ1v) is 5.59. The highest BCUT2D eigenvalue weighted by molar-refractivity contribution is 9.11. The molecule has 5 heteroatoms. The number of alkyl halides is 3. The summed E-state index contributed by atoms with van der Waals surface area (Å²) in [6.45, 7) is 0. The van der Waals surface area contributed by atoms with E-state index in [1.54, 1.807) is 6.08 Å². The number of hydrogen-bond donors (Lipinski definition) is 0. The van der Waals surface area contributed by atoms with Gasteiger partial charge in [-0.25, -0.2) is 0 Å². The number of rotatable bonds is 0. The third kappa shape index (κ3) is 4.03. The van der Waals surface area contributed by atoms with E-state index in [-0.39, 0.29) is 5.03 Å². The van der Waals surface area contributed by atoms with Gasteiger partial charge >= 0.3 is 6.18 Å². The summed E-state index contributed by atoms with van der Waals surface area (Å²) < 4.78 is 38.1. The van der Waals surface area contributed by atoms with E-state index in [1.165, 1.54) is 6.08 Å². The number of halogens is 5. The molecule has 0 aromatic rings. The minimum Gasteiger partial charge on any atom is -0.166 e. The molecule has 0 saturated heterocycles. The molecule has 0 unspecified atom stereocenters. The molecule has 0 heterocycles. The van der Waals surface area contributed by atoms with Gasteiger partial charge < -0.3 is 0 Å². The normalized spacial score (nSPS) is 22.9. The molecule has 0 N–H and O–H groups in total. The Labute approximate surface area is 99.6 Å². The lowest BCUT2D eigenvalue weighted by Gasteiger charge is -2.10. The van der Waals surface area contributed by atoms with Crippen LogP contribution in [-0.2, 0) is 0 Å². The van der Waals surface area contributed by atoms with Gasteiger partial charge in [-0.05, 0) is 25.3 Å². The van der Waals surface area contributed by atoms with Crippen molar-refractivity contribution in [3.05, 3.63) is 33.3 Å². The fourth-order valence-electron chi connectivity index (χ4n) is 1.18. The topological polar surface area (TPSA) is 0 Å². The van der Waals surface area contributed by atoms with Gasteiger partial charge in [0.05, 0.1) is 5.57 Å². The van der Waals surface area contributed by atoms with Crippen molar-refractivity contribution in [1.29, 1.82) is 0 Å². The van der Waals surface area contributed by atoms with Gasteiger partial charge in [0.1, 0.15) is 0 Å². The van der Waals surface area contributed by atoms with Crippen LogP contribution in [0.2, 0.25) is 0 Å². The van der Waals surface area contributed by atoms with Gasteiger partial charge in [-0.1, -0.05) is 39.7 Å². The van der Waals surface area contributed by atoms with Gasteiger partial charge in [-0.2, -0.15) is 13.2 Å². The summed E-state index contributed by atoms with van der Waals surface area (Å²) in [7, 11) is 0. The number of hydrogen-bond acceptors (Lipinski definition) is 0. The lowest BCUT2D eigenvalue weighted by molar-refractivity contribution is -0.0886. The summed E-state index contributed by atoms with van der Waals surface area (Å²) in [5, 5.41) is -0.227. The van der Waals surface area contributed by atoms with Crippen LogP contribution in [0.5, 0.6) is 0 Å². The van der Waals surface area contributed by atoms with Crippen molar-refractivity contribution < 1.29 is 13.2 Å². The van der Waals surface area contributed by atoms with Gasteiger partial charge in [-0.15, -0.1) is 0 Å². The first-order valence-electron chi connectivity index (χ1n) is 4.42. The fourth-order valence-corrected chi connectivity index (χ4v) is 1.91. The largest absolute Gasteiger partial charge is 0.417 e. The summed E-state index contributed by atoms with van der Waals surface area (Å²) in [6, 6.07) is 0. The molecule has 0 aromatic carbocycles. The molecule has 0 bridgehead atoms. The molecular weight excluding hydrogens is 292 g/mol. The van der Waals surface area contributed by atoms with E-state index < -0.39 is 11.7 Å². The number of allylic oxidation sites excluding steroid dienone is 6. The summed E-state index contributed by atoms with van der Waals surface area (Å²) >= 11 is 8.67. The van der Waals surface area contributed by atoms with Crippen molar-refractivity contribution >= 4 is 27.5 Å². The molecule has 84 valence electrons. The Morgan fingerprint density at radius 3 is 2.40 bits per heavy atom. The monoisotopic (exact) mass is 300 g/mol. The van der Waals surface area contributed by atoms with Crippen LogP contribution in [0.25, 0.3) is 0 Å². The summed E-state index contributed by atoms with van der Waals surface area (Å²) in [5.74, 6) is 0. The molecule has 0 saturated carbocycles. The maximum Gasteiger partial charge on any atom is 0.417 e. The fraction of sp³-hybridized carbons (Fsp3) is 0.400. The van der Waals surface area contributed by atoms with Crippen molar-refractivity contribution in [2.75, 3.05) is 0 Å². The smallest absolute Gasteiger partial charge is 0.166 e. The van der Waals surface area contributed by atoms with Gasteiger partial charge in [0.2, 0.25) is 0 Å². The highest BCUT2D eigenvalue weighted by Gasteiger charge is 2.35. The zero-order valence-electron chi connectivity index (χ0n) is 7.74. The molecule has 0 fully saturated rings. The van der Waals surface area contributed by atoms with Crippen molar-refractivity contribution in [2.45, 2.75) is 25.4 Å². The predicted octanol–water partition coefficient (Wildman–Crippen LogP) is 5.06. The minimum absolute atomic E-state index is 0.227. The average Bonchev–Trinajstić information content (AvgIpc) is 2.17. The van der Waals surface area contributed by atoms with Gasteiger partial charge in [-0.3, -0.25) is 0 Å². The third-order valence-electron chi connectivity index (χ3n) is 1.92. The maximum atomic E-state index is 12.6. The van der Waals surface area contributed by atoms with Crippen LogP contribution in [0.3, 0.4) is 0 Å². The van der Waals surface area contributed by atoms with Crippen LogP contribution in [0.15, 0.2) is 33.3 Å². The van der Waals surface area contributed by atoms with Crippen LogP contribution in [-0.4, -0.2) is 6.18 Å². The van der Waals surface area contributed by atoms with E-state index in [4.69, 9.17) is 11.6 Å². The van der Waals surface area contributed by atoms with Crippen molar-refractivity contribution in [2.24, 2.45) is 0 Å². The molecule has 1 rings (SSSR count). The lowest BCUT2D eigenvalue weighted by Crippen LogP contribution is -2.12. The van der Waals surface area contributed by atoms with Crippen LogP contribution in [0.4, 0.5) is 13.2 Å². The first kappa shape index (κ1) is 12.8. The van der Waals surface area contributed by atoms with Crippen LogP contribution in [0.1, 0.15) is 19.3 Å². The Hall–Kier alpha value is -0.220. The van der Waals surface area contributed by atoms with E-state index >= 15 is 0 Å². The highest BCUT2D eigenvalue weighted by Crippen LogP contribution is 2.35. The SMILES string of the molecule is FC(F)(F)C1=C/C(Br)=C\CCCC=C1Cl. The molecule has 0 aromatic heterocycles.